The van der Waals surface area contributed by atoms with Crippen LogP contribution in [0.25, 0.3) is 10.8 Å². The molecule has 1 N–H and O–H groups in total. The minimum atomic E-state index is -0.864. The van der Waals surface area contributed by atoms with Gasteiger partial charge in [0.25, 0.3) is 5.91 Å². The summed E-state index contributed by atoms with van der Waals surface area (Å²) in [6.45, 7) is 3.52. The summed E-state index contributed by atoms with van der Waals surface area (Å²) in [5.41, 5.74) is 1.22. The molecule has 0 aromatic heterocycles. The van der Waals surface area contributed by atoms with Crippen LogP contribution in [0.3, 0.4) is 0 Å². The first-order valence-corrected chi connectivity index (χ1v) is 13.8. The highest BCUT2D eigenvalue weighted by atomic mass is 79.9. The average Bonchev–Trinajstić information content (AvgIpc) is 2.95. The van der Waals surface area contributed by atoms with Gasteiger partial charge in [0.1, 0.15) is 17.6 Å². The minimum Gasteiger partial charge on any atom is -0.483 e. The first-order chi connectivity index (χ1) is 18.9. The second kappa shape index (κ2) is 13.4. The second-order valence-electron chi connectivity index (χ2n) is 9.52. The standard InChI is InChI=1S/C32H32BrFN2O3/c1-3-22(2)35-32(38)28(19-23-11-5-4-6-12-23)36(20-25-14-8-10-16-27(25)34)30(37)21-39-29-18-17-24-13-7-9-15-26(24)31(29)33/h4-18,22,28H,3,19-21H2,1-2H3,(H,35,38)/t22-,28+/m0/s1. The highest BCUT2D eigenvalue weighted by Gasteiger charge is 2.32. The molecule has 4 rings (SSSR count). The smallest absolute Gasteiger partial charge is 0.261 e. The quantitative estimate of drug-likeness (QED) is 0.212. The maximum absolute atomic E-state index is 14.7. The Morgan fingerprint density at radius 2 is 1.64 bits per heavy atom. The van der Waals surface area contributed by atoms with Crippen LogP contribution in [0.5, 0.6) is 5.75 Å². The summed E-state index contributed by atoms with van der Waals surface area (Å²) < 4.78 is 21.5. The van der Waals surface area contributed by atoms with Crippen LogP contribution in [0, 0.1) is 5.82 Å². The SMILES string of the molecule is CC[C@H](C)NC(=O)[C@@H](Cc1ccccc1)N(Cc1ccccc1F)C(=O)COc1ccc2ccccc2c1Br. The van der Waals surface area contributed by atoms with Gasteiger partial charge in [0, 0.05) is 24.6 Å². The molecule has 0 fully saturated rings. The highest BCUT2D eigenvalue weighted by molar-refractivity contribution is 9.10. The minimum absolute atomic E-state index is 0.0703. The van der Waals surface area contributed by atoms with Gasteiger partial charge >= 0.3 is 0 Å². The molecule has 0 saturated carbocycles. The van der Waals surface area contributed by atoms with Crippen molar-refractivity contribution in [2.75, 3.05) is 6.61 Å². The number of hydrogen-bond donors (Lipinski definition) is 1. The summed E-state index contributed by atoms with van der Waals surface area (Å²) in [4.78, 5) is 28.8. The third-order valence-corrected chi connectivity index (χ3v) is 7.57. The number of carbonyl (C=O) groups excluding carboxylic acids is 2. The van der Waals surface area contributed by atoms with E-state index in [1.165, 1.54) is 11.0 Å². The summed E-state index contributed by atoms with van der Waals surface area (Å²) in [6, 6.07) is 26.4. The Bertz CT molecular complexity index is 1430. The van der Waals surface area contributed by atoms with Crippen LogP contribution in [0.4, 0.5) is 4.39 Å². The molecule has 0 aliphatic carbocycles. The largest absolute Gasteiger partial charge is 0.483 e. The Hall–Kier alpha value is -3.71. The van der Waals surface area contributed by atoms with Crippen molar-refractivity contribution in [3.63, 3.8) is 0 Å². The fourth-order valence-electron chi connectivity index (χ4n) is 4.35. The number of carbonyl (C=O) groups is 2. The van der Waals surface area contributed by atoms with E-state index in [2.05, 4.69) is 21.2 Å². The van der Waals surface area contributed by atoms with Gasteiger partial charge in [-0.15, -0.1) is 0 Å². The monoisotopic (exact) mass is 590 g/mol. The zero-order valence-electron chi connectivity index (χ0n) is 22.1. The van der Waals surface area contributed by atoms with E-state index < -0.39 is 17.8 Å². The van der Waals surface area contributed by atoms with E-state index in [-0.39, 0.29) is 31.5 Å². The van der Waals surface area contributed by atoms with Crippen LogP contribution in [-0.2, 0) is 22.6 Å². The number of nitrogens with zero attached hydrogens (tertiary/aromatic N) is 1. The van der Waals surface area contributed by atoms with Crippen LogP contribution >= 0.6 is 15.9 Å². The summed E-state index contributed by atoms with van der Waals surface area (Å²) in [7, 11) is 0. The van der Waals surface area contributed by atoms with E-state index >= 15 is 0 Å². The normalized spacial score (nSPS) is 12.5. The molecule has 0 spiro atoms. The van der Waals surface area contributed by atoms with Crippen molar-refractivity contribution in [2.24, 2.45) is 0 Å². The van der Waals surface area contributed by atoms with E-state index in [1.54, 1.807) is 24.3 Å². The Morgan fingerprint density at radius 3 is 2.38 bits per heavy atom. The summed E-state index contributed by atoms with van der Waals surface area (Å²) >= 11 is 3.60. The van der Waals surface area contributed by atoms with E-state index in [9.17, 15) is 14.0 Å². The Morgan fingerprint density at radius 1 is 0.949 bits per heavy atom. The van der Waals surface area contributed by atoms with Crippen LogP contribution in [0.1, 0.15) is 31.4 Å². The highest BCUT2D eigenvalue weighted by Crippen LogP contribution is 2.33. The van der Waals surface area contributed by atoms with E-state index in [4.69, 9.17) is 4.74 Å². The molecule has 0 bridgehead atoms. The lowest BCUT2D eigenvalue weighted by Crippen LogP contribution is -2.53. The maximum atomic E-state index is 14.7. The summed E-state index contributed by atoms with van der Waals surface area (Å²) in [6.07, 6.45) is 1.02. The van der Waals surface area contributed by atoms with Gasteiger partial charge in [-0.05, 0) is 57.7 Å². The lowest BCUT2D eigenvalue weighted by Gasteiger charge is -2.32. The predicted molar refractivity (Wildman–Crippen MR) is 156 cm³/mol. The molecular weight excluding hydrogens is 559 g/mol. The number of benzene rings is 4. The van der Waals surface area contributed by atoms with Crippen molar-refractivity contribution < 1.29 is 18.7 Å². The molecule has 202 valence electrons. The molecule has 0 unspecified atom stereocenters. The number of hydrogen-bond acceptors (Lipinski definition) is 3. The van der Waals surface area contributed by atoms with Crippen molar-refractivity contribution in [3.05, 3.63) is 112 Å². The molecular formula is C32H32BrFN2O3. The zero-order chi connectivity index (χ0) is 27.8. The number of halogens is 2. The number of fused-ring (bicyclic) bond motifs is 1. The molecule has 0 saturated heterocycles. The van der Waals surface area contributed by atoms with Crippen LogP contribution in [-0.4, -0.2) is 35.4 Å². The number of amides is 2. The van der Waals surface area contributed by atoms with E-state index in [0.717, 1.165) is 27.2 Å². The molecule has 0 aliphatic heterocycles. The third kappa shape index (κ3) is 7.24. The van der Waals surface area contributed by atoms with Crippen LogP contribution in [0.15, 0.2) is 95.5 Å². The molecule has 7 heteroatoms. The Labute approximate surface area is 237 Å². The fourth-order valence-corrected chi connectivity index (χ4v) is 4.96. The van der Waals surface area contributed by atoms with Gasteiger partial charge in [0.2, 0.25) is 5.91 Å². The molecule has 0 radical (unpaired) electrons. The molecule has 4 aromatic rings. The number of nitrogens with one attached hydrogen (secondary N) is 1. The van der Waals surface area contributed by atoms with Gasteiger partial charge in [0.05, 0.1) is 4.47 Å². The molecule has 0 heterocycles. The van der Waals surface area contributed by atoms with Crippen LogP contribution < -0.4 is 10.1 Å². The third-order valence-electron chi connectivity index (χ3n) is 6.75. The van der Waals surface area contributed by atoms with Gasteiger partial charge in [-0.1, -0.05) is 85.8 Å². The molecule has 2 atom stereocenters. The van der Waals surface area contributed by atoms with Gasteiger partial charge < -0.3 is 15.0 Å². The lowest BCUT2D eigenvalue weighted by molar-refractivity contribution is -0.143. The summed E-state index contributed by atoms with van der Waals surface area (Å²) in [5.74, 6) is -0.630. The lowest BCUT2D eigenvalue weighted by atomic mass is 10.0. The number of rotatable bonds is 11. The second-order valence-corrected chi connectivity index (χ2v) is 10.3. The average molecular weight is 592 g/mol. The molecule has 4 aromatic carbocycles. The van der Waals surface area contributed by atoms with E-state index in [1.807, 2.05) is 74.5 Å². The van der Waals surface area contributed by atoms with Gasteiger partial charge in [0.15, 0.2) is 6.61 Å². The molecule has 5 nitrogen and oxygen atoms in total. The van der Waals surface area contributed by atoms with Crippen molar-refractivity contribution in [3.8, 4) is 5.75 Å². The number of ether oxygens (including phenoxy) is 1. The van der Waals surface area contributed by atoms with Gasteiger partial charge in [-0.2, -0.15) is 0 Å². The van der Waals surface area contributed by atoms with Crippen molar-refractivity contribution >= 4 is 38.5 Å². The Kier molecular flexibility index (Phi) is 9.71. The topological polar surface area (TPSA) is 58.6 Å². The molecule has 2 amide bonds. The van der Waals surface area contributed by atoms with Crippen LogP contribution in [0.2, 0.25) is 0 Å². The fraction of sp³-hybridized carbons (Fsp3) is 0.250. The first kappa shape index (κ1) is 28.3. The van der Waals surface area contributed by atoms with Gasteiger partial charge in [-0.25, -0.2) is 4.39 Å². The Balaban J connectivity index is 1.65. The zero-order valence-corrected chi connectivity index (χ0v) is 23.7. The van der Waals surface area contributed by atoms with Crippen molar-refractivity contribution in [1.29, 1.82) is 0 Å². The summed E-state index contributed by atoms with van der Waals surface area (Å²) in [5, 5.41) is 5.01. The van der Waals surface area contributed by atoms with Gasteiger partial charge in [-0.3, -0.25) is 9.59 Å². The molecule has 0 aliphatic rings. The first-order valence-electron chi connectivity index (χ1n) is 13.0. The predicted octanol–water partition coefficient (Wildman–Crippen LogP) is 6.68. The van der Waals surface area contributed by atoms with E-state index in [0.29, 0.717) is 11.3 Å². The van der Waals surface area contributed by atoms with Crippen molar-refractivity contribution in [1.82, 2.24) is 10.2 Å². The maximum Gasteiger partial charge on any atom is 0.261 e. The van der Waals surface area contributed by atoms with Crippen molar-refractivity contribution in [2.45, 2.75) is 45.3 Å². The molecule has 39 heavy (non-hydrogen) atoms.